The maximum Gasteiger partial charge on any atom is 0.327 e. The van der Waals surface area contributed by atoms with Crippen molar-refractivity contribution in [2.45, 2.75) is 38.6 Å². The maximum atomic E-state index is 11.9. The average molecular weight is 228 g/mol. The van der Waals surface area contributed by atoms with E-state index in [0.717, 1.165) is 25.8 Å². The first-order chi connectivity index (χ1) is 7.54. The first-order valence-corrected chi connectivity index (χ1v) is 6.19. The molecule has 4 heteroatoms. The zero-order chi connectivity index (χ0) is 12.2. The van der Waals surface area contributed by atoms with Crippen molar-refractivity contribution in [2.24, 2.45) is 11.7 Å². The molecule has 0 saturated heterocycles. The van der Waals surface area contributed by atoms with Crippen molar-refractivity contribution >= 4 is 5.97 Å². The van der Waals surface area contributed by atoms with Gasteiger partial charge < -0.3 is 15.4 Å². The molecular weight excluding hydrogens is 204 g/mol. The number of nitrogens with zero attached hydrogens (tertiary/aromatic N) is 1. The first-order valence-electron chi connectivity index (χ1n) is 6.19. The highest BCUT2D eigenvalue weighted by molar-refractivity contribution is 5.82. The minimum absolute atomic E-state index is 0.236. The number of carbonyl (C=O) groups is 1. The predicted octanol–water partition coefficient (Wildman–Crippen LogP) is 0.999. The predicted molar refractivity (Wildman–Crippen MR) is 64.1 cm³/mol. The molecule has 1 aliphatic rings. The van der Waals surface area contributed by atoms with Crippen molar-refractivity contribution in [3.63, 3.8) is 0 Å². The van der Waals surface area contributed by atoms with E-state index in [0.29, 0.717) is 19.1 Å². The minimum atomic E-state index is -0.792. The molecule has 4 nitrogen and oxygen atoms in total. The summed E-state index contributed by atoms with van der Waals surface area (Å²) in [7, 11) is 2.01. The van der Waals surface area contributed by atoms with Gasteiger partial charge in [-0.05, 0) is 45.7 Å². The lowest BCUT2D eigenvalue weighted by Gasteiger charge is -2.31. The summed E-state index contributed by atoms with van der Waals surface area (Å²) < 4.78 is 5.10. The van der Waals surface area contributed by atoms with E-state index in [4.69, 9.17) is 10.5 Å². The summed E-state index contributed by atoms with van der Waals surface area (Å²) in [6, 6.07) is 0. The highest BCUT2D eigenvalue weighted by atomic mass is 16.5. The second kappa shape index (κ2) is 5.64. The van der Waals surface area contributed by atoms with Crippen molar-refractivity contribution in [1.29, 1.82) is 0 Å². The molecule has 0 bridgehead atoms. The van der Waals surface area contributed by atoms with Crippen molar-refractivity contribution in [3.05, 3.63) is 0 Å². The van der Waals surface area contributed by atoms with E-state index >= 15 is 0 Å². The topological polar surface area (TPSA) is 55.6 Å². The molecule has 16 heavy (non-hydrogen) atoms. The molecule has 2 N–H and O–H groups in total. The molecule has 0 aromatic rings. The number of hydrogen-bond donors (Lipinski definition) is 1. The summed E-state index contributed by atoms with van der Waals surface area (Å²) >= 11 is 0. The normalized spacial score (nSPS) is 19.6. The van der Waals surface area contributed by atoms with Gasteiger partial charge in [-0.2, -0.15) is 0 Å². The van der Waals surface area contributed by atoms with Gasteiger partial charge in [-0.25, -0.2) is 4.79 Å². The van der Waals surface area contributed by atoms with Crippen LogP contribution in [0.4, 0.5) is 0 Å². The van der Waals surface area contributed by atoms with Crippen LogP contribution in [-0.2, 0) is 9.53 Å². The molecule has 1 rings (SSSR count). The van der Waals surface area contributed by atoms with Crippen LogP contribution in [0.3, 0.4) is 0 Å². The van der Waals surface area contributed by atoms with Crippen molar-refractivity contribution in [1.82, 2.24) is 4.90 Å². The van der Waals surface area contributed by atoms with E-state index in [1.807, 2.05) is 14.0 Å². The molecule has 0 aromatic carbocycles. The maximum absolute atomic E-state index is 11.9. The van der Waals surface area contributed by atoms with Gasteiger partial charge in [0, 0.05) is 6.54 Å². The largest absolute Gasteiger partial charge is 0.465 e. The summed E-state index contributed by atoms with van der Waals surface area (Å²) in [5, 5.41) is 0. The fourth-order valence-corrected chi connectivity index (χ4v) is 2.13. The molecule has 0 aromatic heterocycles. The number of esters is 1. The van der Waals surface area contributed by atoms with Crippen LogP contribution in [0, 0.1) is 5.92 Å². The van der Waals surface area contributed by atoms with Crippen LogP contribution in [0.15, 0.2) is 0 Å². The molecule has 1 fully saturated rings. The molecule has 1 aliphatic carbocycles. The molecule has 0 heterocycles. The Morgan fingerprint density at radius 2 is 2.12 bits per heavy atom. The summed E-state index contributed by atoms with van der Waals surface area (Å²) in [4.78, 5) is 14.0. The molecule has 0 radical (unpaired) electrons. The van der Waals surface area contributed by atoms with E-state index in [-0.39, 0.29) is 5.97 Å². The fraction of sp³-hybridized carbons (Fsp3) is 0.917. The first kappa shape index (κ1) is 13.5. The number of carbonyl (C=O) groups excluding carboxylic acids is 1. The number of ether oxygens (including phenoxy) is 1. The molecule has 1 unspecified atom stereocenters. The lowest BCUT2D eigenvalue weighted by molar-refractivity contribution is -0.151. The SMILES string of the molecule is CCCN(C)CC(N)(C(=O)OCC)C1CC1. The summed E-state index contributed by atoms with van der Waals surface area (Å²) in [6.07, 6.45) is 3.17. The Morgan fingerprint density at radius 3 is 2.56 bits per heavy atom. The number of hydrogen-bond acceptors (Lipinski definition) is 4. The number of likely N-dealkylation sites (N-methyl/N-ethyl adjacent to an activating group) is 1. The molecule has 0 spiro atoms. The van der Waals surface area contributed by atoms with Gasteiger partial charge in [0.05, 0.1) is 6.61 Å². The van der Waals surface area contributed by atoms with Gasteiger partial charge in [-0.3, -0.25) is 0 Å². The van der Waals surface area contributed by atoms with Crippen LogP contribution >= 0.6 is 0 Å². The lowest BCUT2D eigenvalue weighted by atomic mass is 9.94. The van der Waals surface area contributed by atoms with E-state index < -0.39 is 5.54 Å². The number of rotatable bonds is 7. The van der Waals surface area contributed by atoms with E-state index in [2.05, 4.69) is 11.8 Å². The van der Waals surface area contributed by atoms with Gasteiger partial charge in [-0.1, -0.05) is 6.92 Å². The van der Waals surface area contributed by atoms with Gasteiger partial charge in [0.1, 0.15) is 5.54 Å². The van der Waals surface area contributed by atoms with Crippen LogP contribution in [0.1, 0.15) is 33.1 Å². The Balaban J connectivity index is 2.60. The van der Waals surface area contributed by atoms with Crippen molar-refractivity contribution in [2.75, 3.05) is 26.7 Å². The van der Waals surface area contributed by atoms with Crippen molar-refractivity contribution in [3.8, 4) is 0 Å². The Hall–Kier alpha value is -0.610. The Kier molecular flexibility index (Phi) is 4.74. The number of nitrogens with two attached hydrogens (primary N) is 1. The summed E-state index contributed by atoms with van der Waals surface area (Å²) in [5.41, 5.74) is 5.46. The van der Waals surface area contributed by atoms with Crippen LogP contribution in [-0.4, -0.2) is 43.2 Å². The molecular formula is C12H24N2O2. The quantitative estimate of drug-likeness (QED) is 0.660. The Bertz CT molecular complexity index is 241. The smallest absolute Gasteiger partial charge is 0.327 e. The van der Waals surface area contributed by atoms with Gasteiger partial charge in [0.15, 0.2) is 0 Å². The minimum Gasteiger partial charge on any atom is -0.465 e. The highest BCUT2D eigenvalue weighted by Gasteiger charge is 2.49. The monoisotopic (exact) mass is 228 g/mol. The third kappa shape index (κ3) is 3.19. The van der Waals surface area contributed by atoms with Gasteiger partial charge in [0.2, 0.25) is 0 Å². The molecule has 94 valence electrons. The van der Waals surface area contributed by atoms with Crippen LogP contribution in [0.25, 0.3) is 0 Å². The van der Waals surface area contributed by atoms with Crippen molar-refractivity contribution < 1.29 is 9.53 Å². The summed E-state index contributed by atoms with van der Waals surface area (Å²) in [5.74, 6) is 0.0753. The standard InChI is InChI=1S/C12H24N2O2/c1-4-8-14(3)9-12(13,10-6-7-10)11(15)16-5-2/h10H,4-9,13H2,1-3H3. The second-order valence-electron chi connectivity index (χ2n) is 4.77. The second-order valence-corrected chi connectivity index (χ2v) is 4.77. The summed E-state index contributed by atoms with van der Waals surface area (Å²) in [6.45, 7) is 5.91. The van der Waals surface area contributed by atoms with E-state index in [1.54, 1.807) is 0 Å². The fourth-order valence-electron chi connectivity index (χ4n) is 2.13. The molecule has 1 atom stereocenters. The van der Waals surface area contributed by atoms with Crippen LogP contribution in [0.2, 0.25) is 0 Å². The highest BCUT2D eigenvalue weighted by Crippen LogP contribution is 2.39. The van der Waals surface area contributed by atoms with Crippen LogP contribution < -0.4 is 5.73 Å². The molecule has 1 saturated carbocycles. The van der Waals surface area contributed by atoms with Gasteiger partial charge >= 0.3 is 5.97 Å². The zero-order valence-electron chi connectivity index (χ0n) is 10.7. The third-order valence-corrected chi connectivity index (χ3v) is 3.10. The van der Waals surface area contributed by atoms with Gasteiger partial charge in [0.25, 0.3) is 0 Å². The van der Waals surface area contributed by atoms with E-state index in [9.17, 15) is 4.79 Å². The zero-order valence-corrected chi connectivity index (χ0v) is 10.7. The van der Waals surface area contributed by atoms with Gasteiger partial charge in [-0.15, -0.1) is 0 Å². The average Bonchev–Trinajstić information content (AvgIpc) is 3.01. The lowest BCUT2D eigenvalue weighted by Crippen LogP contribution is -2.58. The molecule has 0 amide bonds. The molecule has 0 aliphatic heterocycles. The van der Waals surface area contributed by atoms with E-state index in [1.165, 1.54) is 0 Å². The third-order valence-electron chi connectivity index (χ3n) is 3.10. The Morgan fingerprint density at radius 1 is 1.50 bits per heavy atom. The van der Waals surface area contributed by atoms with Crippen LogP contribution in [0.5, 0.6) is 0 Å². The Labute approximate surface area is 98.1 Å².